The average Bonchev–Trinajstić information content (AvgIpc) is 3.13. The molecule has 1 fully saturated rings. The molecule has 1 aromatic heterocycles. The smallest absolute Gasteiger partial charge is 0.192 e. The van der Waals surface area contributed by atoms with Crippen LogP contribution in [0, 0.1) is 6.92 Å². The van der Waals surface area contributed by atoms with E-state index in [4.69, 9.17) is 9.73 Å². The van der Waals surface area contributed by atoms with Gasteiger partial charge in [-0.25, -0.2) is 4.99 Å². The summed E-state index contributed by atoms with van der Waals surface area (Å²) in [5.74, 6) is 2.55. The van der Waals surface area contributed by atoms with E-state index in [2.05, 4.69) is 63.8 Å². The van der Waals surface area contributed by atoms with Crippen LogP contribution in [-0.2, 0) is 24.8 Å². The first-order valence-electron chi connectivity index (χ1n) is 11.4. The topological polar surface area (TPSA) is 79.6 Å². The van der Waals surface area contributed by atoms with Gasteiger partial charge in [-0.3, -0.25) is 4.90 Å². The van der Waals surface area contributed by atoms with E-state index >= 15 is 0 Å². The summed E-state index contributed by atoms with van der Waals surface area (Å²) >= 11 is 0. The predicted molar refractivity (Wildman–Crippen MR) is 124 cm³/mol. The number of hydrogen-bond donors (Lipinski definition) is 2. The summed E-state index contributed by atoms with van der Waals surface area (Å²) in [7, 11) is 1.97. The quantitative estimate of drug-likeness (QED) is 0.363. The van der Waals surface area contributed by atoms with Crippen molar-refractivity contribution in [2.45, 2.75) is 46.2 Å². The lowest BCUT2D eigenvalue weighted by Crippen LogP contribution is -2.41. The molecule has 1 aromatic carbocycles. The lowest BCUT2D eigenvalue weighted by atomic mass is 10.1. The van der Waals surface area contributed by atoms with Crippen LogP contribution in [0.1, 0.15) is 49.1 Å². The maximum atomic E-state index is 5.43. The number of aromatic nitrogens is 3. The van der Waals surface area contributed by atoms with Crippen molar-refractivity contribution < 1.29 is 4.74 Å². The second kappa shape index (κ2) is 11.8. The van der Waals surface area contributed by atoms with Gasteiger partial charge >= 0.3 is 0 Å². The molecule has 2 N–H and O–H groups in total. The Bertz CT molecular complexity index is 825. The Morgan fingerprint density at radius 1 is 1.19 bits per heavy atom. The molecule has 1 unspecified atom stereocenters. The fourth-order valence-corrected chi connectivity index (χ4v) is 3.56. The summed E-state index contributed by atoms with van der Waals surface area (Å²) in [4.78, 5) is 7.24. The molecule has 1 saturated heterocycles. The number of rotatable bonds is 9. The van der Waals surface area contributed by atoms with Crippen LogP contribution in [0.3, 0.4) is 0 Å². The maximum Gasteiger partial charge on any atom is 0.192 e. The zero-order valence-electron chi connectivity index (χ0n) is 19.4. The number of benzene rings is 1. The molecular formula is C23H37N7O. The molecule has 8 heteroatoms. The van der Waals surface area contributed by atoms with Crippen LogP contribution >= 0.6 is 0 Å². The Kier molecular flexibility index (Phi) is 8.85. The monoisotopic (exact) mass is 427 g/mol. The predicted octanol–water partition coefficient (Wildman–Crippen LogP) is 2.20. The van der Waals surface area contributed by atoms with Crippen LogP contribution in [0.15, 0.2) is 29.3 Å². The number of aryl methyl sites for hydroxylation is 2. The van der Waals surface area contributed by atoms with Crippen LogP contribution in [-0.4, -0.2) is 65.0 Å². The Morgan fingerprint density at radius 3 is 2.58 bits per heavy atom. The molecule has 2 aromatic rings. The van der Waals surface area contributed by atoms with Crippen LogP contribution in [0.5, 0.6) is 0 Å². The SMILES string of the molecule is CCc1ccc(C(C)NC(=NCc2nnc(C)n2C)NCCCN2CCOCC2)cc1. The molecular weight excluding hydrogens is 390 g/mol. The lowest BCUT2D eigenvalue weighted by Gasteiger charge is -2.26. The first-order chi connectivity index (χ1) is 15.1. The van der Waals surface area contributed by atoms with Gasteiger partial charge in [0.1, 0.15) is 12.4 Å². The van der Waals surface area contributed by atoms with Crippen LogP contribution in [0.25, 0.3) is 0 Å². The zero-order chi connectivity index (χ0) is 22.1. The highest BCUT2D eigenvalue weighted by Gasteiger charge is 2.12. The molecule has 0 bridgehead atoms. The van der Waals surface area contributed by atoms with Gasteiger partial charge in [-0.2, -0.15) is 0 Å². The highest BCUT2D eigenvalue weighted by Crippen LogP contribution is 2.14. The highest BCUT2D eigenvalue weighted by atomic mass is 16.5. The fraction of sp³-hybridized carbons (Fsp3) is 0.609. The zero-order valence-corrected chi connectivity index (χ0v) is 19.4. The van der Waals surface area contributed by atoms with E-state index in [1.54, 1.807) is 0 Å². The van der Waals surface area contributed by atoms with Crippen LogP contribution in [0.4, 0.5) is 0 Å². The van der Waals surface area contributed by atoms with Crippen molar-refractivity contribution in [3.05, 3.63) is 47.0 Å². The summed E-state index contributed by atoms with van der Waals surface area (Å²) in [6.07, 6.45) is 2.11. The van der Waals surface area contributed by atoms with Crippen molar-refractivity contribution in [1.82, 2.24) is 30.3 Å². The molecule has 1 aliphatic heterocycles. The maximum absolute atomic E-state index is 5.43. The summed E-state index contributed by atoms with van der Waals surface area (Å²) in [6.45, 7) is 12.4. The Balaban J connectivity index is 1.59. The van der Waals surface area contributed by atoms with Gasteiger partial charge < -0.3 is 19.9 Å². The Hall–Kier alpha value is -2.45. The van der Waals surface area contributed by atoms with Gasteiger partial charge in [0.15, 0.2) is 11.8 Å². The summed E-state index contributed by atoms with van der Waals surface area (Å²) in [5, 5.41) is 15.4. The molecule has 0 aliphatic carbocycles. The molecule has 1 atom stereocenters. The van der Waals surface area contributed by atoms with Gasteiger partial charge in [0.05, 0.1) is 19.3 Å². The second-order valence-corrected chi connectivity index (χ2v) is 8.08. The van der Waals surface area contributed by atoms with Gasteiger partial charge in [0, 0.05) is 26.7 Å². The van der Waals surface area contributed by atoms with E-state index in [9.17, 15) is 0 Å². The average molecular weight is 428 g/mol. The first-order valence-corrected chi connectivity index (χ1v) is 11.4. The summed E-state index contributed by atoms with van der Waals surface area (Å²) < 4.78 is 7.41. The number of nitrogens with one attached hydrogen (secondary N) is 2. The third kappa shape index (κ3) is 7.04. The first kappa shape index (κ1) is 23.2. The third-order valence-electron chi connectivity index (χ3n) is 5.85. The van der Waals surface area contributed by atoms with Gasteiger partial charge in [-0.15, -0.1) is 10.2 Å². The van der Waals surface area contributed by atoms with E-state index in [1.165, 1.54) is 11.1 Å². The highest BCUT2D eigenvalue weighted by molar-refractivity contribution is 5.80. The molecule has 0 saturated carbocycles. The second-order valence-electron chi connectivity index (χ2n) is 8.08. The van der Waals surface area contributed by atoms with Gasteiger partial charge in [-0.1, -0.05) is 31.2 Å². The minimum absolute atomic E-state index is 0.151. The fourth-order valence-electron chi connectivity index (χ4n) is 3.56. The van der Waals surface area contributed by atoms with Gasteiger partial charge in [-0.05, 0) is 44.4 Å². The number of morpholine rings is 1. The molecule has 0 radical (unpaired) electrons. The van der Waals surface area contributed by atoms with E-state index < -0.39 is 0 Å². The van der Waals surface area contributed by atoms with E-state index in [1.807, 2.05) is 18.5 Å². The largest absolute Gasteiger partial charge is 0.379 e. The molecule has 170 valence electrons. The van der Waals surface area contributed by atoms with E-state index in [0.717, 1.165) is 69.8 Å². The molecule has 2 heterocycles. The lowest BCUT2D eigenvalue weighted by molar-refractivity contribution is 0.0376. The van der Waals surface area contributed by atoms with Crippen molar-refractivity contribution >= 4 is 5.96 Å². The Labute approximate surface area is 186 Å². The molecule has 8 nitrogen and oxygen atoms in total. The molecule has 0 spiro atoms. The van der Waals surface area contributed by atoms with Gasteiger partial charge in [0.25, 0.3) is 0 Å². The number of ether oxygens (including phenoxy) is 1. The number of hydrogen-bond acceptors (Lipinski definition) is 5. The number of nitrogens with zero attached hydrogens (tertiary/aromatic N) is 5. The summed E-state index contributed by atoms with van der Waals surface area (Å²) in [5.41, 5.74) is 2.60. The molecule has 31 heavy (non-hydrogen) atoms. The number of aliphatic imine (C=N–C) groups is 1. The van der Waals surface area contributed by atoms with Crippen molar-refractivity contribution in [2.75, 3.05) is 39.4 Å². The third-order valence-corrected chi connectivity index (χ3v) is 5.85. The van der Waals surface area contributed by atoms with Crippen LogP contribution < -0.4 is 10.6 Å². The van der Waals surface area contributed by atoms with Crippen LogP contribution in [0.2, 0.25) is 0 Å². The molecule has 0 amide bonds. The van der Waals surface area contributed by atoms with E-state index in [0.29, 0.717) is 6.54 Å². The Morgan fingerprint density at radius 2 is 1.94 bits per heavy atom. The van der Waals surface area contributed by atoms with E-state index in [-0.39, 0.29) is 6.04 Å². The minimum Gasteiger partial charge on any atom is -0.379 e. The molecule has 1 aliphatic rings. The molecule has 3 rings (SSSR count). The summed E-state index contributed by atoms with van der Waals surface area (Å²) in [6, 6.07) is 8.93. The van der Waals surface area contributed by atoms with Crippen molar-refractivity contribution in [2.24, 2.45) is 12.0 Å². The normalized spacial score (nSPS) is 16.3. The van der Waals surface area contributed by atoms with Gasteiger partial charge in [0.2, 0.25) is 0 Å². The standard InChI is InChI=1S/C23H37N7O/c1-5-20-7-9-21(10-8-20)18(2)26-23(25-17-22-28-27-19(3)29(22)4)24-11-6-12-30-13-15-31-16-14-30/h7-10,18H,5-6,11-17H2,1-4H3,(H2,24,25,26). The number of guanidine groups is 1. The van der Waals surface area contributed by atoms with Crippen molar-refractivity contribution in [3.8, 4) is 0 Å². The van der Waals surface area contributed by atoms with Crippen molar-refractivity contribution in [1.29, 1.82) is 0 Å². The van der Waals surface area contributed by atoms with Crippen molar-refractivity contribution in [3.63, 3.8) is 0 Å². The minimum atomic E-state index is 0.151.